The third-order valence-electron chi connectivity index (χ3n) is 2.60. The summed E-state index contributed by atoms with van der Waals surface area (Å²) in [4.78, 5) is 22.4. The molecule has 0 atom stereocenters. The van der Waals surface area contributed by atoms with Crippen LogP contribution in [0, 0.1) is 11.8 Å². The topological polar surface area (TPSA) is 63.6 Å². The molecule has 0 aromatic carbocycles. The van der Waals surface area contributed by atoms with E-state index < -0.39 is 11.8 Å². The van der Waals surface area contributed by atoms with Crippen LogP contribution < -0.4 is 0 Å². The van der Waals surface area contributed by atoms with Gasteiger partial charge in [0.05, 0.1) is 0 Å². The molecule has 1 heterocycles. The number of allylic oxidation sites excluding steroid dienone is 1. The summed E-state index contributed by atoms with van der Waals surface area (Å²) in [7, 11) is 0. The van der Waals surface area contributed by atoms with Crippen molar-refractivity contribution in [3.05, 3.63) is 11.3 Å². The van der Waals surface area contributed by atoms with E-state index in [0.29, 0.717) is 19.3 Å². The number of cyclic esters (lactones) is 1. The summed E-state index contributed by atoms with van der Waals surface area (Å²) in [5, 5.41) is 9.64. The third kappa shape index (κ3) is 4.25. The second-order valence-corrected chi connectivity index (χ2v) is 4.13. The predicted molar refractivity (Wildman–Crippen MR) is 66.8 cm³/mol. The number of ketones is 1. The van der Waals surface area contributed by atoms with E-state index in [4.69, 9.17) is 0 Å². The number of unbranched alkanes of at least 4 members (excludes halogenated alkanes) is 3. The van der Waals surface area contributed by atoms with Gasteiger partial charge in [-0.2, -0.15) is 0 Å². The number of Topliss-reactive ketones (excluding diaryl/α,β-unsaturated/α-hetero) is 1. The minimum atomic E-state index is -0.716. The van der Waals surface area contributed by atoms with Crippen LogP contribution in [-0.4, -0.2) is 23.5 Å². The highest BCUT2D eigenvalue weighted by molar-refractivity contribution is 6.22. The molecule has 1 fully saturated rings. The number of aliphatic hydroxyl groups is 1. The summed E-state index contributed by atoms with van der Waals surface area (Å²) in [6.45, 7) is 1.86. The van der Waals surface area contributed by atoms with Crippen LogP contribution in [-0.2, 0) is 14.3 Å². The van der Waals surface area contributed by atoms with Gasteiger partial charge in [-0.25, -0.2) is 4.79 Å². The van der Waals surface area contributed by atoms with E-state index in [1.807, 2.05) is 0 Å². The first-order valence-corrected chi connectivity index (χ1v) is 6.25. The Morgan fingerprint density at radius 1 is 1.28 bits per heavy atom. The van der Waals surface area contributed by atoms with Crippen molar-refractivity contribution in [3.8, 4) is 11.8 Å². The first-order chi connectivity index (χ1) is 8.66. The molecule has 0 unspecified atom stereocenters. The maximum Gasteiger partial charge on any atom is 0.345 e. The van der Waals surface area contributed by atoms with Gasteiger partial charge in [-0.15, -0.1) is 11.8 Å². The van der Waals surface area contributed by atoms with Crippen molar-refractivity contribution < 1.29 is 19.4 Å². The Bertz CT molecular complexity index is 391. The Morgan fingerprint density at radius 3 is 2.50 bits per heavy atom. The van der Waals surface area contributed by atoms with E-state index in [2.05, 4.69) is 23.5 Å². The molecule has 4 heteroatoms. The van der Waals surface area contributed by atoms with Crippen LogP contribution in [0.25, 0.3) is 0 Å². The van der Waals surface area contributed by atoms with Crippen molar-refractivity contribution in [1.29, 1.82) is 0 Å². The summed E-state index contributed by atoms with van der Waals surface area (Å²) in [5.41, 5.74) is -0.186. The Hall–Kier alpha value is -1.76. The Balaban J connectivity index is 2.34. The van der Waals surface area contributed by atoms with E-state index in [9.17, 15) is 14.7 Å². The van der Waals surface area contributed by atoms with Gasteiger partial charge in [-0.1, -0.05) is 13.3 Å². The van der Waals surface area contributed by atoms with Gasteiger partial charge in [0.25, 0.3) is 0 Å². The average Bonchev–Trinajstić information content (AvgIpc) is 2.68. The molecular formula is C14H18O4. The van der Waals surface area contributed by atoms with E-state index in [0.717, 1.165) is 19.3 Å². The van der Waals surface area contributed by atoms with Crippen molar-refractivity contribution in [2.75, 3.05) is 6.61 Å². The largest absolute Gasteiger partial charge is 0.511 e. The zero-order valence-corrected chi connectivity index (χ0v) is 10.6. The van der Waals surface area contributed by atoms with E-state index >= 15 is 0 Å². The number of ether oxygens (including phenoxy) is 1. The number of rotatable bonds is 5. The fourth-order valence-corrected chi connectivity index (χ4v) is 1.58. The van der Waals surface area contributed by atoms with Crippen LogP contribution in [0.4, 0.5) is 0 Å². The SMILES string of the molecule is CCCCC#CCCCC(O)=C1C(=O)COC1=O. The van der Waals surface area contributed by atoms with Gasteiger partial charge in [0.1, 0.15) is 11.3 Å². The van der Waals surface area contributed by atoms with Gasteiger partial charge < -0.3 is 9.84 Å². The van der Waals surface area contributed by atoms with E-state index in [1.165, 1.54) is 0 Å². The molecule has 0 bridgehead atoms. The zero-order chi connectivity index (χ0) is 13.4. The number of esters is 1. The van der Waals surface area contributed by atoms with Crippen LogP contribution in [0.5, 0.6) is 0 Å². The molecule has 1 aliphatic heterocycles. The molecule has 1 aliphatic rings. The molecule has 0 aromatic heterocycles. The first kappa shape index (κ1) is 14.3. The van der Waals surface area contributed by atoms with Crippen molar-refractivity contribution in [2.45, 2.75) is 45.4 Å². The smallest absolute Gasteiger partial charge is 0.345 e. The van der Waals surface area contributed by atoms with Gasteiger partial charge in [-0.05, 0) is 12.8 Å². The number of carbonyl (C=O) groups excluding carboxylic acids is 2. The summed E-state index contributed by atoms with van der Waals surface area (Å²) < 4.78 is 4.54. The van der Waals surface area contributed by atoms with Crippen molar-refractivity contribution in [2.24, 2.45) is 0 Å². The summed E-state index contributed by atoms with van der Waals surface area (Å²) in [6.07, 6.45) is 4.71. The quantitative estimate of drug-likeness (QED) is 0.203. The van der Waals surface area contributed by atoms with Crippen molar-refractivity contribution in [3.63, 3.8) is 0 Å². The van der Waals surface area contributed by atoms with Crippen LogP contribution >= 0.6 is 0 Å². The molecule has 0 radical (unpaired) electrons. The zero-order valence-electron chi connectivity index (χ0n) is 10.6. The second kappa shape index (κ2) is 7.54. The van der Waals surface area contributed by atoms with Gasteiger partial charge in [0, 0.05) is 19.3 Å². The minimum Gasteiger partial charge on any atom is -0.511 e. The molecule has 0 aliphatic carbocycles. The highest BCUT2D eigenvalue weighted by atomic mass is 16.5. The molecule has 0 amide bonds. The lowest BCUT2D eigenvalue weighted by molar-refractivity contribution is -0.135. The van der Waals surface area contributed by atoms with Gasteiger partial charge in [0.2, 0.25) is 5.78 Å². The molecule has 0 aromatic rings. The number of aliphatic hydroxyl groups excluding tert-OH is 1. The lowest BCUT2D eigenvalue weighted by atomic mass is 10.1. The molecule has 1 N–H and O–H groups in total. The molecule has 18 heavy (non-hydrogen) atoms. The molecule has 1 rings (SSSR count). The van der Waals surface area contributed by atoms with Crippen LogP contribution in [0.1, 0.15) is 45.4 Å². The molecule has 0 spiro atoms. The normalized spacial score (nSPS) is 17.2. The van der Waals surface area contributed by atoms with Gasteiger partial charge in [-0.3, -0.25) is 4.79 Å². The summed E-state index contributed by atoms with van der Waals surface area (Å²) >= 11 is 0. The highest BCUT2D eigenvalue weighted by Gasteiger charge is 2.31. The summed E-state index contributed by atoms with van der Waals surface area (Å²) in [6, 6.07) is 0. The van der Waals surface area contributed by atoms with Crippen LogP contribution in [0.3, 0.4) is 0 Å². The maximum atomic E-state index is 11.2. The van der Waals surface area contributed by atoms with E-state index in [1.54, 1.807) is 0 Å². The standard InChI is InChI=1S/C14H18O4/c1-2-3-4-5-6-7-8-9-11(15)13-12(16)10-18-14(13)17/h15H,2-4,7-10H2,1H3. The van der Waals surface area contributed by atoms with Crippen molar-refractivity contribution >= 4 is 11.8 Å². The Kier molecular flexibility index (Phi) is 5.99. The lowest BCUT2D eigenvalue weighted by Crippen LogP contribution is -2.05. The fourth-order valence-electron chi connectivity index (χ4n) is 1.58. The molecule has 1 saturated heterocycles. The first-order valence-electron chi connectivity index (χ1n) is 6.25. The predicted octanol–water partition coefficient (Wildman–Crippen LogP) is 2.29. The lowest BCUT2D eigenvalue weighted by Gasteiger charge is -1.99. The number of hydrogen-bond acceptors (Lipinski definition) is 4. The third-order valence-corrected chi connectivity index (χ3v) is 2.60. The number of carbonyl (C=O) groups is 2. The van der Waals surface area contributed by atoms with Gasteiger partial charge >= 0.3 is 5.97 Å². The minimum absolute atomic E-state index is 0.169. The van der Waals surface area contributed by atoms with Crippen LogP contribution in [0.2, 0.25) is 0 Å². The Morgan fingerprint density at radius 2 is 1.94 bits per heavy atom. The maximum absolute atomic E-state index is 11.2. The molecular weight excluding hydrogens is 232 g/mol. The van der Waals surface area contributed by atoms with E-state index in [-0.39, 0.29) is 17.9 Å². The fraction of sp³-hybridized carbons (Fsp3) is 0.571. The monoisotopic (exact) mass is 250 g/mol. The molecule has 0 saturated carbocycles. The molecule has 4 nitrogen and oxygen atoms in total. The van der Waals surface area contributed by atoms with Gasteiger partial charge in [0.15, 0.2) is 6.61 Å². The average molecular weight is 250 g/mol. The Labute approximate surface area is 107 Å². The highest BCUT2D eigenvalue weighted by Crippen LogP contribution is 2.17. The second-order valence-electron chi connectivity index (χ2n) is 4.13. The summed E-state index contributed by atoms with van der Waals surface area (Å²) in [5.74, 6) is 4.72. The number of hydrogen-bond donors (Lipinski definition) is 1. The van der Waals surface area contributed by atoms with Crippen LogP contribution in [0.15, 0.2) is 11.3 Å². The molecule has 98 valence electrons. The van der Waals surface area contributed by atoms with Crippen molar-refractivity contribution in [1.82, 2.24) is 0 Å².